The minimum absolute atomic E-state index is 0. The summed E-state index contributed by atoms with van der Waals surface area (Å²) < 4.78 is 15.1. The Morgan fingerprint density at radius 2 is 2.07 bits per heavy atom. The molecule has 0 radical (unpaired) electrons. The zero-order valence-electron chi connectivity index (χ0n) is 15.2. The van der Waals surface area contributed by atoms with Crippen LogP contribution < -0.4 is 15.8 Å². The SMILES string of the molecule is Cl.Cn1c(N2CCNC(c3cccc(F)c3)C2)nc(-c2ccncn2)cc1=O. The van der Waals surface area contributed by atoms with Gasteiger partial charge in [-0.1, -0.05) is 12.1 Å². The van der Waals surface area contributed by atoms with Crippen LogP contribution in [0.2, 0.25) is 0 Å². The maximum Gasteiger partial charge on any atom is 0.255 e. The highest BCUT2D eigenvalue weighted by Crippen LogP contribution is 2.22. The molecule has 0 amide bonds. The number of rotatable bonds is 3. The molecule has 7 nitrogen and oxygen atoms in total. The van der Waals surface area contributed by atoms with Crippen LogP contribution in [0.25, 0.3) is 11.4 Å². The normalized spacial score (nSPS) is 16.5. The topological polar surface area (TPSA) is 75.9 Å². The molecule has 1 aromatic carbocycles. The van der Waals surface area contributed by atoms with Crippen molar-refractivity contribution in [2.24, 2.45) is 7.05 Å². The molecule has 1 atom stereocenters. The highest BCUT2D eigenvalue weighted by atomic mass is 35.5. The maximum absolute atomic E-state index is 13.6. The lowest BCUT2D eigenvalue weighted by atomic mass is 10.0. The van der Waals surface area contributed by atoms with E-state index in [1.165, 1.54) is 29.1 Å². The van der Waals surface area contributed by atoms with E-state index in [0.29, 0.717) is 37.0 Å². The molecule has 1 fully saturated rings. The van der Waals surface area contributed by atoms with Crippen molar-refractivity contribution < 1.29 is 4.39 Å². The van der Waals surface area contributed by atoms with Crippen molar-refractivity contribution >= 4 is 18.4 Å². The number of anilines is 1. The van der Waals surface area contributed by atoms with E-state index in [1.54, 1.807) is 25.4 Å². The molecule has 4 rings (SSSR count). The fraction of sp³-hybridized carbons (Fsp3) is 0.263. The number of hydrogen-bond donors (Lipinski definition) is 1. The summed E-state index contributed by atoms with van der Waals surface area (Å²) in [5.74, 6) is 0.307. The first-order valence-corrected chi connectivity index (χ1v) is 8.70. The van der Waals surface area contributed by atoms with Gasteiger partial charge >= 0.3 is 0 Å². The number of piperazine rings is 1. The van der Waals surface area contributed by atoms with E-state index in [1.807, 2.05) is 11.0 Å². The van der Waals surface area contributed by atoms with Crippen molar-refractivity contribution in [3.8, 4) is 11.4 Å². The smallest absolute Gasteiger partial charge is 0.255 e. The number of aromatic nitrogens is 4. The second-order valence-electron chi connectivity index (χ2n) is 6.44. The molecule has 146 valence electrons. The largest absolute Gasteiger partial charge is 0.339 e. The summed E-state index contributed by atoms with van der Waals surface area (Å²) in [5, 5.41) is 3.40. The van der Waals surface area contributed by atoms with Crippen LogP contribution in [-0.4, -0.2) is 39.2 Å². The average molecular weight is 403 g/mol. The summed E-state index contributed by atoms with van der Waals surface area (Å²) in [6, 6.07) is 9.71. The van der Waals surface area contributed by atoms with Gasteiger partial charge in [-0.2, -0.15) is 0 Å². The Bertz CT molecular complexity index is 1010. The number of benzene rings is 1. The summed E-state index contributed by atoms with van der Waals surface area (Å²) in [7, 11) is 1.70. The van der Waals surface area contributed by atoms with Gasteiger partial charge in [0.15, 0.2) is 0 Å². The number of hydrogen-bond acceptors (Lipinski definition) is 6. The van der Waals surface area contributed by atoms with Crippen LogP contribution in [0.15, 0.2) is 53.7 Å². The van der Waals surface area contributed by atoms with E-state index in [-0.39, 0.29) is 29.8 Å². The molecule has 3 heterocycles. The van der Waals surface area contributed by atoms with Crippen LogP contribution in [0.1, 0.15) is 11.6 Å². The van der Waals surface area contributed by atoms with Crippen LogP contribution in [0.4, 0.5) is 10.3 Å². The van der Waals surface area contributed by atoms with E-state index in [4.69, 9.17) is 0 Å². The third-order valence-corrected chi connectivity index (χ3v) is 4.66. The number of halogens is 2. The van der Waals surface area contributed by atoms with E-state index in [0.717, 1.165) is 5.56 Å². The van der Waals surface area contributed by atoms with Gasteiger partial charge in [-0.05, 0) is 23.8 Å². The number of nitrogens with one attached hydrogen (secondary N) is 1. The summed E-state index contributed by atoms with van der Waals surface area (Å²) in [6.07, 6.45) is 3.05. The minimum Gasteiger partial charge on any atom is -0.339 e. The third kappa shape index (κ3) is 4.02. The Labute approximate surface area is 167 Å². The zero-order chi connectivity index (χ0) is 18.8. The quantitative estimate of drug-likeness (QED) is 0.721. The van der Waals surface area contributed by atoms with Crippen LogP contribution in [-0.2, 0) is 7.05 Å². The highest BCUT2D eigenvalue weighted by molar-refractivity contribution is 5.85. The molecule has 1 saturated heterocycles. The first-order valence-electron chi connectivity index (χ1n) is 8.70. The first-order chi connectivity index (χ1) is 13.1. The molecule has 0 bridgehead atoms. The molecule has 3 aromatic rings. The van der Waals surface area contributed by atoms with Crippen LogP contribution in [0, 0.1) is 5.82 Å². The summed E-state index contributed by atoms with van der Waals surface area (Å²) in [6.45, 7) is 1.98. The highest BCUT2D eigenvalue weighted by Gasteiger charge is 2.24. The lowest BCUT2D eigenvalue weighted by molar-refractivity contribution is 0.460. The van der Waals surface area contributed by atoms with Gasteiger partial charge in [0, 0.05) is 38.9 Å². The fourth-order valence-electron chi connectivity index (χ4n) is 3.26. The van der Waals surface area contributed by atoms with Gasteiger partial charge in [-0.25, -0.2) is 19.3 Å². The minimum atomic E-state index is -0.261. The first kappa shape index (κ1) is 19.9. The lowest BCUT2D eigenvalue weighted by Crippen LogP contribution is -2.47. The van der Waals surface area contributed by atoms with Gasteiger partial charge in [0.05, 0.1) is 17.4 Å². The third-order valence-electron chi connectivity index (χ3n) is 4.66. The molecule has 1 aliphatic rings. The molecule has 1 N–H and O–H groups in total. The van der Waals surface area contributed by atoms with Crippen LogP contribution in [0.5, 0.6) is 0 Å². The predicted octanol–water partition coefficient (Wildman–Crippen LogP) is 1.95. The molecule has 28 heavy (non-hydrogen) atoms. The number of nitrogens with zero attached hydrogens (tertiary/aromatic N) is 5. The standard InChI is InChI=1S/C19H19FN6O.ClH/c1-25-18(27)10-16(15-5-6-21-12-23-15)24-19(25)26-8-7-22-17(11-26)13-3-2-4-14(20)9-13;/h2-6,9-10,12,17,22H,7-8,11H2,1H3;1H. The molecule has 0 aliphatic carbocycles. The fourth-order valence-corrected chi connectivity index (χ4v) is 3.26. The Kier molecular flexibility index (Phi) is 6.01. The molecule has 0 spiro atoms. The van der Waals surface area contributed by atoms with Gasteiger partial charge in [0.25, 0.3) is 5.56 Å². The van der Waals surface area contributed by atoms with Crippen molar-refractivity contribution in [2.45, 2.75) is 6.04 Å². The van der Waals surface area contributed by atoms with Gasteiger partial charge in [0.1, 0.15) is 12.1 Å². The van der Waals surface area contributed by atoms with Crippen molar-refractivity contribution in [3.05, 3.63) is 70.7 Å². The van der Waals surface area contributed by atoms with Crippen molar-refractivity contribution in [2.75, 3.05) is 24.5 Å². The molecule has 0 saturated carbocycles. The second kappa shape index (κ2) is 8.45. The molecular weight excluding hydrogens is 383 g/mol. The Balaban J connectivity index is 0.00000225. The van der Waals surface area contributed by atoms with Gasteiger partial charge in [0.2, 0.25) is 5.95 Å². The molecular formula is C19H20ClFN6O. The molecule has 2 aromatic heterocycles. The van der Waals surface area contributed by atoms with Gasteiger partial charge < -0.3 is 10.2 Å². The monoisotopic (exact) mass is 402 g/mol. The van der Waals surface area contributed by atoms with E-state index >= 15 is 0 Å². The Hall–Kier alpha value is -2.84. The summed E-state index contributed by atoms with van der Waals surface area (Å²) in [4.78, 5) is 27.3. The van der Waals surface area contributed by atoms with Crippen molar-refractivity contribution in [1.82, 2.24) is 24.8 Å². The molecule has 1 unspecified atom stereocenters. The Morgan fingerprint density at radius 3 is 2.82 bits per heavy atom. The zero-order valence-corrected chi connectivity index (χ0v) is 16.1. The summed E-state index contributed by atoms with van der Waals surface area (Å²) >= 11 is 0. The van der Waals surface area contributed by atoms with Gasteiger partial charge in [-0.15, -0.1) is 12.4 Å². The Morgan fingerprint density at radius 1 is 1.21 bits per heavy atom. The maximum atomic E-state index is 13.6. The molecule has 1 aliphatic heterocycles. The molecule has 9 heteroatoms. The van der Waals surface area contributed by atoms with Gasteiger partial charge in [-0.3, -0.25) is 9.36 Å². The van der Waals surface area contributed by atoms with Crippen LogP contribution >= 0.6 is 12.4 Å². The van der Waals surface area contributed by atoms with E-state index in [9.17, 15) is 9.18 Å². The lowest BCUT2D eigenvalue weighted by Gasteiger charge is -2.35. The van der Waals surface area contributed by atoms with E-state index < -0.39 is 0 Å². The van der Waals surface area contributed by atoms with E-state index in [2.05, 4.69) is 20.3 Å². The second-order valence-corrected chi connectivity index (χ2v) is 6.44. The van der Waals surface area contributed by atoms with Crippen LogP contribution in [0.3, 0.4) is 0 Å². The summed E-state index contributed by atoms with van der Waals surface area (Å²) in [5.41, 5.74) is 1.82. The van der Waals surface area contributed by atoms with Crippen molar-refractivity contribution in [3.63, 3.8) is 0 Å². The van der Waals surface area contributed by atoms with Crippen molar-refractivity contribution in [1.29, 1.82) is 0 Å². The predicted molar refractivity (Wildman–Crippen MR) is 107 cm³/mol. The average Bonchev–Trinajstić information content (AvgIpc) is 2.71.